The lowest BCUT2D eigenvalue weighted by Gasteiger charge is -2.04. The lowest BCUT2D eigenvalue weighted by molar-refractivity contribution is 0.458. The number of hydrogen-bond acceptors (Lipinski definition) is 8. The predicted octanol–water partition coefficient (Wildman–Crippen LogP) is 14.4. The van der Waals surface area contributed by atoms with Crippen molar-refractivity contribution < 1.29 is 35.1 Å². The fraction of sp³-hybridized carbons (Fsp3) is 0. The van der Waals surface area contributed by atoms with Crippen LogP contribution in [0.2, 0.25) is 0 Å². The van der Waals surface area contributed by atoms with Crippen molar-refractivity contribution in [2.75, 3.05) is 0 Å². The Morgan fingerprint density at radius 3 is 0.942 bits per heavy atom. The first-order valence-corrected chi connectivity index (χ1v) is 19.8. The fourth-order valence-corrected chi connectivity index (χ4v) is 12.6. The molecule has 0 saturated carbocycles. The molecule has 0 radical (unpaired) electrons. The lowest BCUT2D eigenvalue weighted by atomic mass is 10.1. The third-order valence-corrected chi connectivity index (χ3v) is 15.2. The third-order valence-electron chi connectivity index (χ3n) is 8.42. The molecule has 0 spiro atoms. The average Bonchev–Trinajstić information content (AvgIpc) is 3.94. The van der Waals surface area contributed by atoms with Gasteiger partial charge in [0.15, 0.2) is 56.2 Å². The van der Waals surface area contributed by atoms with Gasteiger partial charge in [-0.05, 0) is 70.1 Å². The van der Waals surface area contributed by atoms with Crippen LogP contribution in [-0.4, -0.2) is 9.97 Å². The molecule has 0 unspecified atom stereocenters. The zero-order valence-corrected chi connectivity index (χ0v) is 30.0. The van der Waals surface area contributed by atoms with Crippen molar-refractivity contribution in [1.29, 1.82) is 0 Å². The molecule has 256 valence electrons. The van der Waals surface area contributed by atoms with Crippen LogP contribution in [0.4, 0.5) is 35.1 Å². The van der Waals surface area contributed by atoms with Crippen molar-refractivity contribution in [2.24, 2.45) is 0 Å². The Balaban J connectivity index is 0.950. The molecule has 4 aromatic carbocycles. The first-order chi connectivity index (χ1) is 25.0. The third kappa shape index (κ3) is 4.95. The van der Waals surface area contributed by atoms with Gasteiger partial charge in [0.1, 0.15) is 10.0 Å². The second-order valence-electron chi connectivity index (χ2n) is 11.6. The van der Waals surface area contributed by atoms with Crippen LogP contribution in [0.3, 0.4) is 0 Å². The van der Waals surface area contributed by atoms with E-state index in [0.29, 0.717) is 20.2 Å². The molecule has 10 aromatic rings. The number of rotatable bonds is 4. The minimum Gasteiger partial charge on any atom is -0.222 e. The molecule has 10 rings (SSSR count). The maximum Gasteiger partial charge on any atom is 0.170 e. The Morgan fingerprint density at radius 2 is 0.615 bits per heavy atom. The van der Waals surface area contributed by atoms with E-state index in [4.69, 9.17) is 9.97 Å². The van der Waals surface area contributed by atoms with Crippen LogP contribution in [0.1, 0.15) is 0 Å². The number of halogens is 8. The van der Waals surface area contributed by atoms with Crippen LogP contribution in [0.15, 0.2) is 60.7 Å². The van der Waals surface area contributed by atoms with E-state index in [-0.39, 0.29) is 21.9 Å². The number of hydrogen-bond donors (Lipinski definition) is 0. The Morgan fingerprint density at radius 1 is 0.327 bits per heavy atom. The number of nitrogens with zero attached hydrogens (tertiary/aromatic N) is 2. The molecule has 0 bridgehead atoms. The van der Waals surface area contributed by atoms with Gasteiger partial charge in [0.05, 0.1) is 20.9 Å². The van der Waals surface area contributed by atoms with Crippen LogP contribution in [0.25, 0.3) is 90.7 Å². The van der Waals surface area contributed by atoms with Gasteiger partial charge in [-0.15, -0.1) is 45.3 Å². The van der Waals surface area contributed by atoms with Crippen molar-refractivity contribution >= 4 is 118 Å². The summed E-state index contributed by atoms with van der Waals surface area (Å²) >= 11 is 7.97. The Labute approximate surface area is 309 Å². The van der Waals surface area contributed by atoms with E-state index in [1.54, 1.807) is 0 Å². The topological polar surface area (TPSA) is 25.8 Å². The van der Waals surface area contributed by atoms with E-state index >= 15 is 0 Å². The molecule has 0 aliphatic rings. The maximum absolute atomic E-state index is 14.5. The summed E-state index contributed by atoms with van der Waals surface area (Å²) in [5, 5.41) is 4.70. The molecular weight excluding hydrogens is 805 g/mol. The van der Waals surface area contributed by atoms with Gasteiger partial charge in [-0.3, -0.25) is 0 Å². The van der Waals surface area contributed by atoms with E-state index < -0.39 is 57.7 Å². The molecule has 52 heavy (non-hydrogen) atoms. The quantitative estimate of drug-likeness (QED) is 0.131. The molecule has 0 aliphatic carbocycles. The van der Waals surface area contributed by atoms with Gasteiger partial charge < -0.3 is 0 Å². The van der Waals surface area contributed by atoms with E-state index in [9.17, 15) is 35.1 Å². The molecule has 0 atom stereocenters. The summed E-state index contributed by atoms with van der Waals surface area (Å²) in [4.78, 5) is 13.2. The zero-order valence-electron chi connectivity index (χ0n) is 25.1. The highest BCUT2D eigenvalue weighted by Gasteiger charge is 2.24. The highest BCUT2D eigenvalue weighted by molar-refractivity contribution is 7.33. The monoisotopic (exact) mass is 814 g/mol. The number of thiazole rings is 2. The molecule has 0 fully saturated rings. The summed E-state index contributed by atoms with van der Waals surface area (Å²) in [6.07, 6.45) is 0. The largest absolute Gasteiger partial charge is 0.222 e. The first-order valence-electron chi connectivity index (χ1n) is 14.9. The van der Waals surface area contributed by atoms with E-state index in [1.165, 1.54) is 57.5 Å². The van der Waals surface area contributed by atoms with Crippen LogP contribution >= 0.6 is 68.0 Å². The zero-order chi connectivity index (χ0) is 35.7. The van der Waals surface area contributed by atoms with Crippen molar-refractivity contribution in [3.63, 3.8) is 0 Å². The minimum atomic E-state index is -1.45. The lowest BCUT2D eigenvalue weighted by Crippen LogP contribution is -1.97. The summed E-state index contributed by atoms with van der Waals surface area (Å²) in [6.45, 7) is 0. The summed E-state index contributed by atoms with van der Waals surface area (Å²) in [5.41, 5.74) is -1.45. The Kier molecular flexibility index (Phi) is 7.21. The van der Waals surface area contributed by atoms with Gasteiger partial charge in [0.25, 0.3) is 0 Å². The van der Waals surface area contributed by atoms with Crippen LogP contribution in [-0.2, 0) is 0 Å². The summed E-state index contributed by atoms with van der Waals surface area (Å²) < 4.78 is 117. The highest BCUT2D eigenvalue weighted by atomic mass is 32.1. The summed E-state index contributed by atoms with van der Waals surface area (Å²) in [7, 11) is 0. The van der Waals surface area contributed by atoms with Crippen LogP contribution in [0, 0.1) is 46.5 Å². The van der Waals surface area contributed by atoms with Crippen molar-refractivity contribution in [3.05, 3.63) is 107 Å². The normalized spacial score (nSPS) is 12.2. The van der Waals surface area contributed by atoms with Gasteiger partial charge in [-0.2, -0.15) is 0 Å². The first kappa shape index (κ1) is 32.3. The van der Waals surface area contributed by atoms with Gasteiger partial charge >= 0.3 is 0 Å². The predicted molar refractivity (Wildman–Crippen MR) is 198 cm³/mol. The van der Waals surface area contributed by atoms with Gasteiger partial charge in [-0.25, -0.2) is 45.1 Å². The van der Waals surface area contributed by atoms with Gasteiger partial charge in [-0.1, -0.05) is 22.7 Å². The average molecular weight is 815 g/mol. The minimum absolute atomic E-state index is 0.0861. The number of aromatic nitrogens is 2. The van der Waals surface area contributed by atoms with Crippen LogP contribution in [0.5, 0.6) is 0 Å². The maximum atomic E-state index is 14.5. The highest BCUT2D eigenvalue weighted by Crippen LogP contribution is 2.46. The molecule has 0 aliphatic heterocycles. The molecule has 6 aromatic heterocycles. The van der Waals surface area contributed by atoms with E-state index in [1.807, 2.05) is 36.4 Å². The molecule has 0 N–H and O–H groups in total. The van der Waals surface area contributed by atoms with Crippen molar-refractivity contribution in [2.45, 2.75) is 0 Å². The van der Waals surface area contributed by atoms with Crippen molar-refractivity contribution in [3.8, 4) is 40.7 Å². The Hall–Kier alpha value is -4.32. The van der Waals surface area contributed by atoms with Gasteiger partial charge in [0, 0.05) is 40.7 Å². The second-order valence-corrected chi connectivity index (χ2v) is 17.9. The molecule has 16 heteroatoms. The fourth-order valence-electron chi connectivity index (χ4n) is 6.03. The summed E-state index contributed by atoms with van der Waals surface area (Å²) in [6, 6.07) is 14.9. The summed E-state index contributed by atoms with van der Waals surface area (Å²) in [5.74, 6) is -11.6. The molecular formula is C36H10F8N2S6. The van der Waals surface area contributed by atoms with E-state index in [0.717, 1.165) is 72.3 Å². The van der Waals surface area contributed by atoms with Crippen molar-refractivity contribution in [1.82, 2.24) is 9.97 Å². The Bertz CT molecular complexity index is 2750. The number of fused-ring (bicyclic) bond motifs is 5. The second kappa shape index (κ2) is 11.6. The molecule has 0 saturated heterocycles. The molecule has 6 heterocycles. The SMILES string of the molecule is Fc1cc(F)c(F)c(-c2cc3cc4sc(-c5nc6sc(-c7cc8cc9sc(-c%10c(F)c(F)cc(F)c%10F)cc9cc8s7)nc6s5)cc4cc3s2)c1F. The smallest absolute Gasteiger partial charge is 0.170 e. The molecule has 2 nitrogen and oxygen atoms in total. The van der Waals surface area contributed by atoms with Crippen LogP contribution < -0.4 is 0 Å². The number of benzene rings is 4. The standard InChI is InChI=1S/C36H10F8N2S6/c37-15-9-16(38)30(42)27(29(15)41)23-5-11-1-21-13(3-19(11)47-23)7-25(49-21)33-45-35-36(51-33)46-34(52-35)26-8-14-4-20-12(2-22(14)50-26)6-24(48-20)28-31(43)17(39)10-18(40)32(28)44/h1-10H. The molecule has 0 amide bonds. The number of thiophene rings is 4. The van der Waals surface area contributed by atoms with Gasteiger partial charge in [0.2, 0.25) is 0 Å². The van der Waals surface area contributed by atoms with E-state index in [2.05, 4.69) is 0 Å².